The summed E-state index contributed by atoms with van der Waals surface area (Å²) >= 11 is 6.00. The lowest BCUT2D eigenvalue weighted by Gasteiger charge is -2.24. The quantitative estimate of drug-likeness (QED) is 0.332. The van der Waals surface area contributed by atoms with E-state index in [9.17, 15) is 4.79 Å². The second kappa shape index (κ2) is 12.1. The molecule has 3 N–H and O–H groups in total. The molecule has 1 amide bonds. The van der Waals surface area contributed by atoms with Crippen molar-refractivity contribution in [2.75, 3.05) is 19.7 Å². The molecule has 32 heavy (non-hydrogen) atoms. The van der Waals surface area contributed by atoms with Crippen LogP contribution in [0.1, 0.15) is 28.4 Å². The standard InChI is InChI=1S/C25H28ClN3O3/c1-2-31-22-12-13-23(24(16-22)32-18-20-6-4-3-5-7-20)25(30)29(15-14-28-27)17-19-8-10-21(26)11-9-19/h3-13,16,28H,2,14-15,17-18,27H2,1H3. The molecule has 3 aromatic rings. The molecule has 3 aromatic carbocycles. The van der Waals surface area contributed by atoms with Gasteiger partial charge in [-0.05, 0) is 42.3 Å². The summed E-state index contributed by atoms with van der Waals surface area (Å²) in [5, 5.41) is 0.651. The van der Waals surface area contributed by atoms with Crippen molar-refractivity contribution in [3.63, 3.8) is 0 Å². The molecule has 0 saturated heterocycles. The third-order valence-corrected chi connectivity index (χ3v) is 5.08. The Balaban J connectivity index is 1.86. The van der Waals surface area contributed by atoms with E-state index in [4.69, 9.17) is 26.9 Å². The van der Waals surface area contributed by atoms with Crippen molar-refractivity contribution in [2.45, 2.75) is 20.1 Å². The molecule has 0 saturated carbocycles. The Morgan fingerprint density at radius 3 is 2.44 bits per heavy atom. The smallest absolute Gasteiger partial charge is 0.257 e. The molecule has 0 aliphatic carbocycles. The lowest BCUT2D eigenvalue weighted by molar-refractivity contribution is 0.0739. The summed E-state index contributed by atoms with van der Waals surface area (Å²) < 4.78 is 11.7. The molecule has 168 valence electrons. The Hall–Kier alpha value is -3.06. The normalized spacial score (nSPS) is 10.6. The van der Waals surface area contributed by atoms with Crippen molar-refractivity contribution < 1.29 is 14.3 Å². The zero-order valence-corrected chi connectivity index (χ0v) is 18.8. The number of carbonyl (C=O) groups excluding carboxylic acids is 1. The average molecular weight is 454 g/mol. The molecule has 0 bridgehead atoms. The van der Waals surface area contributed by atoms with Crippen LogP contribution in [0.5, 0.6) is 11.5 Å². The first-order valence-electron chi connectivity index (χ1n) is 10.5. The molecular weight excluding hydrogens is 426 g/mol. The number of hydrazine groups is 1. The number of nitrogens with zero attached hydrogens (tertiary/aromatic N) is 1. The summed E-state index contributed by atoms with van der Waals surface area (Å²) in [4.78, 5) is 15.3. The molecule has 0 unspecified atom stereocenters. The lowest BCUT2D eigenvalue weighted by Crippen LogP contribution is -2.38. The Labute approximate surface area is 193 Å². The minimum Gasteiger partial charge on any atom is -0.494 e. The highest BCUT2D eigenvalue weighted by atomic mass is 35.5. The second-order valence-electron chi connectivity index (χ2n) is 7.17. The van der Waals surface area contributed by atoms with E-state index in [0.717, 1.165) is 11.1 Å². The monoisotopic (exact) mass is 453 g/mol. The SMILES string of the molecule is CCOc1ccc(C(=O)N(CCNN)Cc2ccc(Cl)cc2)c(OCc2ccccc2)c1. The van der Waals surface area contributed by atoms with Crippen molar-refractivity contribution >= 4 is 17.5 Å². The van der Waals surface area contributed by atoms with Crippen molar-refractivity contribution in [3.8, 4) is 11.5 Å². The van der Waals surface area contributed by atoms with Gasteiger partial charge in [0.1, 0.15) is 18.1 Å². The minimum atomic E-state index is -0.152. The van der Waals surface area contributed by atoms with Gasteiger partial charge in [-0.1, -0.05) is 54.1 Å². The summed E-state index contributed by atoms with van der Waals surface area (Å²) in [5.74, 6) is 6.46. The largest absolute Gasteiger partial charge is 0.494 e. The molecule has 0 aliphatic rings. The molecule has 0 aliphatic heterocycles. The number of hydrogen-bond acceptors (Lipinski definition) is 5. The van der Waals surface area contributed by atoms with Gasteiger partial charge in [-0.2, -0.15) is 0 Å². The van der Waals surface area contributed by atoms with E-state index >= 15 is 0 Å². The predicted octanol–water partition coefficient (Wildman–Crippen LogP) is 4.42. The molecule has 3 rings (SSSR count). The predicted molar refractivity (Wildman–Crippen MR) is 127 cm³/mol. The summed E-state index contributed by atoms with van der Waals surface area (Å²) in [5.41, 5.74) is 5.07. The number of halogens is 1. The van der Waals surface area contributed by atoms with Gasteiger partial charge in [0.25, 0.3) is 5.91 Å². The van der Waals surface area contributed by atoms with Crippen LogP contribution in [0.4, 0.5) is 0 Å². The third-order valence-electron chi connectivity index (χ3n) is 4.83. The van der Waals surface area contributed by atoms with Crippen LogP contribution < -0.4 is 20.7 Å². The van der Waals surface area contributed by atoms with E-state index in [1.165, 1.54) is 0 Å². The van der Waals surface area contributed by atoms with Crippen molar-refractivity contribution in [3.05, 3.63) is 94.5 Å². The minimum absolute atomic E-state index is 0.152. The maximum Gasteiger partial charge on any atom is 0.257 e. The maximum atomic E-state index is 13.5. The summed E-state index contributed by atoms with van der Waals surface area (Å²) in [6.07, 6.45) is 0. The Morgan fingerprint density at radius 1 is 1.00 bits per heavy atom. The molecular formula is C25H28ClN3O3. The summed E-state index contributed by atoms with van der Waals surface area (Å²) in [6.45, 7) is 4.09. The number of nitrogens with two attached hydrogens (primary N) is 1. The van der Waals surface area contributed by atoms with Gasteiger partial charge in [0.05, 0.1) is 12.2 Å². The van der Waals surface area contributed by atoms with Gasteiger partial charge >= 0.3 is 0 Å². The Morgan fingerprint density at radius 2 is 1.75 bits per heavy atom. The number of carbonyl (C=O) groups is 1. The maximum absolute atomic E-state index is 13.5. The fourth-order valence-corrected chi connectivity index (χ4v) is 3.35. The zero-order chi connectivity index (χ0) is 22.8. The highest BCUT2D eigenvalue weighted by Gasteiger charge is 2.21. The molecule has 0 fully saturated rings. The van der Waals surface area contributed by atoms with E-state index in [1.807, 2.05) is 61.5 Å². The van der Waals surface area contributed by atoms with Crippen LogP contribution >= 0.6 is 11.6 Å². The Kier molecular flexibility index (Phi) is 8.92. The zero-order valence-electron chi connectivity index (χ0n) is 18.1. The molecule has 0 atom stereocenters. The summed E-state index contributed by atoms with van der Waals surface area (Å²) in [6, 6.07) is 22.6. The molecule has 0 heterocycles. The van der Waals surface area contributed by atoms with Gasteiger partial charge in [-0.25, -0.2) is 0 Å². The van der Waals surface area contributed by atoms with Crippen molar-refractivity contribution in [2.24, 2.45) is 5.84 Å². The van der Waals surface area contributed by atoms with Gasteiger partial charge in [-0.15, -0.1) is 0 Å². The number of benzene rings is 3. The topological polar surface area (TPSA) is 76.8 Å². The van der Waals surface area contributed by atoms with E-state index in [1.54, 1.807) is 23.1 Å². The highest BCUT2D eigenvalue weighted by Crippen LogP contribution is 2.28. The van der Waals surface area contributed by atoms with Gasteiger partial charge in [0.2, 0.25) is 0 Å². The van der Waals surface area contributed by atoms with Crippen LogP contribution in [0.2, 0.25) is 5.02 Å². The molecule has 6 nitrogen and oxygen atoms in total. The van der Waals surface area contributed by atoms with E-state index in [-0.39, 0.29) is 5.91 Å². The second-order valence-corrected chi connectivity index (χ2v) is 7.61. The van der Waals surface area contributed by atoms with Crippen molar-refractivity contribution in [1.29, 1.82) is 0 Å². The van der Waals surface area contributed by atoms with Gasteiger partial charge in [0, 0.05) is 30.7 Å². The first kappa shape index (κ1) is 23.6. The third kappa shape index (κ3) is 6.72. The fraction of sp³-hybridized carbons (Fsp3) is 0.240. The first-order valence-corrected chi connectivity index (χ1v) is 10.9. The number of hydrogen-bond donors (Lipinski definition) is 2. The number of nitrogens with one attached hydrogen (secondary N) is 1. The number of amides is 1. The Bertz CT molecular complexity index is 997. The van der Waals surface area contributed by atoms with Crippen LogP contribution in [0.25, 0.3) is 0 Å². The molecule has 0 radical (unpaired) electrons. The van der Waals surface area contributed by atoms with Gasteiger partial charge in [-0.3, -0.25) is 16.1 Å². The van der Waals surface area contributed by atoms with Crippen LogP contribution in [0.15, 0.2) is 72.8 Å². The van der Waals surface area contributed by atoms with Crippen LogP contribution in [-0.4, -0.2) is 30.5 Å². The van der Waals surface area contributed by atoms with Gasteiger partial charge < -0.3 is 14.4 Å². The first-order chi connectivity index (χ1) is 15.6. The van der Waals surface area contributed by atoms with Gasteiger partial charge in [0.15, 0.2) is 0 Å². The molecule has 7 heteroatoms. The van der Waals surface area contributed by atoms with E-state index in [0.29, 0.717) is 54.9 Å². The lowest BCUT2D eigenvalue weighted by atomic mass is 10.1. The number of rotatable bonds is 11. The van der Waals surface area contributed by atoms with Crippen LogP contribution in [0.3, 0.4) is 0 Å². The van der Waals surface area contributed by atoms with Crippen LogP contribution in [-0.2, 0) is 13.2 Å². The molecule has 0 spiro atoms. The van der Waals surface area contributed by atoms with E-state index in [2.05, 4.69) is 5.43 Å². The summed E-state index contributed by atoms with van der Waals surface area (Å²) in [7, 11) is 0. The highest BCUT2D eigenvalue weighted by molar-refractivity contribution is 6.30. The number of ether oxygens (including phenoxy) is 2. The fourth-order valence-electron chi connectivity index (χ4n) is 3.22. The van der Waals surface area contributed by atoms with Crippen LogP contribution in [0, 0.1) is 0 Å². The van der Waals surface area contributed by atoms with E-state index < -0.39 is 0 Å². The average Bonchev–Trinajstić information content (AvgIpc) is 2.82. The molecule has 0 aromatic heterocycles. The van der Waals surface area contributed by atoms with Crippen molar-refractivity contribution in [1.82, 2.24) is 10.3 Å².